The van der Waals surface area contributed by atoms with Crippen molar-refractivity contribution in [2.45, 2.75) is 18.3 Å². The third-order valence-corrected chi connectivity index (χ3v) is 5.24. The fourth-order valence-electron chi connectivity index (χ4n) is 3.65. The molecule has 2 atom stereocenters. The van der Waals surface area contributed by atoms with Gasteiger partial charge >= 0.3 is 6.61 Å². The van der Waals surface area contributed by atoms with Crippen molar-refractivity contribution < 1.29 is 17.9 Å². The first-order chi connectivity index (χ1) is 13.4. The van der Waals surface area contributed by atoms with Crippen molar-refractivity contribution in [1.82, 2.24) is 10.3 Å². The SMILES string of the molecule is NC1NC(c2cccc(Br)c2)(c2ccc(OC(F)F)c(F)c2)c2cccnc21. The molecule has 3 aromatic rings. The molecule has 1 aliphatic heterocycles. The summed E-state index contributed by atoms with van der Waals surface area (Å²) in [4.78, 5) is 4.37. The minimum atomic E-state index is -3.11. The maximum absolute atomic E-state index is 14.6. The van der Waals surface area contributed by atoms with E-state index in [2.05, 4.69) is 31.0 Å². The maximum Gasteiger partial charge on any atom is 0.387 e. The van der Waals surface area contributed by atoms with Gasteiger partial charge in [-0.25, -0.2) is 4.39 Å². The van der Waals surface area contributed by atoms with E-state index in [0.29, 0.717) is 11.3 Å². The smallest absolute Gasteiger partial charge is 0.387 e. The number of nitrogens with zero attached hydrogens (tertiary/aromatic N) is 1. The van der Waals surface area contributed by atoms with Gasteiger partial charge in [-0.15, -0.1) is 0 Å². The summed E-state index contributed by atoms with van der Waals surface area (Å²) in [5, 5.41) is 3.32. The molecule has 0 spiro atoms. The zero-order valence-electron chi connectivity index (χ0n) is 14.4. The molecule has 0 fully saturated rings. The number of halogens is 4. The zero-order chi connectivity index (χ0) is 19.9. The van der Waals surface area contributed by atoms with Crippen LogP contribution in [-0.4, -0.2) is 11.6 Å². The lowest BCUT2D eigenvalue weighted by molar-refractivity contribution is -0.0522. The molecule has 4 rings (SSSR count). The Morgan fingerprint density at radius 2 is 1.89 bits per heavy atom. The Kier molecular flexibility index (Phi) is 4.86. The van der Waals surface area contributed by atoms with Gasteiger partial charge in [0.2, 0.25) is 0 Å². The van der Waals surface area contributed by atoms with Crippen molar-refractivity contribution >= 4 is 15.9 Å². The largest absolute Gasteiger partial charge is 0.432 e. The standard InChI is InChI=1S/C20H15BrF3N3O/c21-13-4-1-3-11(9-13)20(14-5-2-8-26-17(14)18(25)27-20)12-6-7-16(15(22)10-12)28-19(23)24/h1-10,18-19,27H,25H2. The van der Waals surface area contributed by atoms with Crippen molar-refractivity contribution in [2.24, 2.45) is 5.73 Å². The molecule has 0 saturated carbocycles. The van der Waals surface area contributed by atoms with Crippen LogP contribution in [0.3, 0.4) is 0 Å². The lowest BCUT2D eigenvalue weighted by atomic mass is 9.78. The molecule has 3 N–H and O–H groups in total. The first kappa shape index (κ1) is 18.9. The molecule has 28 heavy (non-hydrogen) atoms. The Morgan fingerprint density at radius 3 is 2.61 bits per heavy atom. The third-order valence-electron chi connectivity index (χ3n) is 4.75. The number of aromatic nitrogens is 1. The number of benzene rings is 2. The first-order valence-corrected chi connectivity index (χ1v) is 9.20. The second-order valence-electron chi connectivity index (χ2n) is 6.34. The van der Waals surface area contributed by atoms with Crippen LogP contribution in [0.2, 0.25) is 0 Å². The zero-order valence-corrected chi connectivity index (χ0v) is 16.0. The summed E-state index contributed by atoms with van der Waals surface area (Å²) in [6.07, 6.45) is 1.05. The molecular formula is C20H15BrF3N3O. The number of fused-ring (bicyclic) bond motifs is 1. The summed E-state index contributed by atoms with van der Waals surface area (Å²) < 4.78 is 44.6. The van der Waals surface area contributed by atoms with Crippen LogP contribution in [0.4, 0.5) is 13.2 Å². The summed E-state index contributed by atoms with van der Waals surface area (Å²) in [5.41, 5.74) is 7.95. The predicted molar refractivity (Wildman–Crippen MR) is 101 cm³/mol. The Bertz CT molecular complexity index is 1030. The van der Waals surface area contributed by atoms with Crippen molar-refractivity contribution in [3.63, 3.8) is 0 Å². The van der Waals surface area contributed by atoms with Gasteiger partial charge in [0.15, 0.2) is 11.6 Å². The fraction of sp³-hybridized carbons (Fsp3) is 0.150. The average Bonchev–Trinajstić information content (AvgIpc) is 2.97. The maximum atomic E-state index is 14.6. The van der Waals surface area contributed by atoms with Gasteiger partial charge in [-0.1, -0.05) is 40.2 Å². The number of nitrogens with two attached hydrogens (primary N) is 1. The molecule has 2 heterocycles. The van der Waals surface area contributed by atoms with E-state index in [-0.39, 0.29) is 0 Å². The summed E-state index contributed by atoms with van der Waals surface area (Å²) in [6, 6.07) is 15.1. The Balaban J connectivity index is 1.95. The van der Waals surface area contributed by atoms with Gasteiger partial charge < -0.3 is 10.5 Å². The average molecular weight is 450 g/mol. The highest BCUT2D eigenvalue weighted by atomic mass is 79.9. The quantitative estimate of drug-likeness (QED) is 0.618. The summed E-state index contributed by atoms with van der Waals surface area (Å²) in [5.74, 6) is -1.41. The van der Waals surface area contributed by atoms with Crippen molar-refractivity contribution in [2.75, 3.05) is 0 Å². The highest BCUT2D eigenvalue weighted by molar-refractivity contribution is 9.10. The molecule has 0 radical (unpaired) electrons. The summed E-state index contributed by atoms with van der Waals surface area (Å²) in [6.45, 7) is -3.11. The lowest BCUT2D eigenvalue weighted by Gasteiger charge is -2.33. The highest BCUT2D eigenvalue weighted by Gasteiger charge is 2.46. The number of hydrogen-bond acceptors (Lipinski definition) is 4. The molecule has 144 valence electrons. The molecule has 2 unspecified atom stereocenters. The van der Waals surface area contributed by atoms with Crippen LogP contribution in [0.1, 0.15) is 28.6 Å². The summed E-state index contributed by atoms with van der Waals surface area (Å²) >= 11 is 3.46. The number of pyridine rings is 1. The normalized spacial score (nSPS) is 21.0. The second-order valence-corrected chi connectivity index (χ2v) is 7.26. The molecule has 0 aliphatic carbocycles. The Labute approximate surface area is 167 Å². The van der Waals surface area contributed by atoms with Crippen molar-refractivity contribution in [3.8, 4) is 5.75 Å². The first-order valence-electron chi connectivity index (χ1n) is 8.41. The van der Waals surface area contributed by atoms with Crippen LogP contribution in [-0.2, 0) is 5.54 Å². The Morgan fingerprint density at radius 1 is 1.11 bits per heavy atom. The molecule has 1 aromatic heterocycles. The van der Waals surface area contributed by atoms with Gasteiger partial charge in [-0.2, -0.15) is 8.78 Å². The molecule has 0 bridgehead atoms. The molecule has 0 saturated heterocycles. The molecule has 4 nitrogen and oxygen atoms in total. The predicted octanol–water partition coefficient (Wildman–Crippen LogP) is 4.44. The fourth-order valence-corrected chi connectivity index (χ4v) is 4.05. The second kappa shape index (κ2) is 7.20. The van der Waals surface area contributed by atoms with E-state index in [9.17, 15) is 13.2 Å². The van der Waals surface area contributed by atoms with Crippen LogP contribution >= 0.6 is 15.9 Å². The van der Waals surface area contributed by atoms with Crippen LogP contribution in [0, 0.1) is 5.82 Å². The lowest BCUT2D eigenvalue weighted by Crippen LogP contribution is -2.42. The van der Waals surface area contributed by atoms with Crippen LogP contribution in [0.25, 0.3) is 0 Å². The molecule has 2 aromatic carbocycles. The van der Waals surface area contributed by atoms with Gasteiger partial charge in [0.1, 0.15) is 6.17 Å². The van der Waals surface area contributed by atoms with Crippen molar-refractivity contribution in [3.05, 3.63) is 93.5 Å². The van der Waals surface area contributed by atoms with E-state index in [1.165, 1.54) is 12.1 Å². The minimum Gasteiger partial charge on any atom is -0.432 e. The van der Waals surface area contributed by atoms with Crippen LogP contribution in [0.5, 0.6) is 5.75 Å². The van der Waals surface area contributed by atoms with E-state index in [1.807, 2.05) is 30.3 Å². The number of hydrogen-bond donors (Lipinski definition) is 2. The number of alkyl halides is 2. The van der Waals surface area contributed by atoms with Gasteiger partial charge in [-0.05, 0) is 41.5 Å². The molecule has 1 aliphatic rings. The van der Waals surface area contributed by atoms with Gasteiger partial charge in [0, 0.05) is 16.2 Å². The Hall–Kier alpha value is -2.42. The number of rotatable bonds is 4. The van der Waals surface area contributed by atoms with Crippen LogP contribution < -0.4 is 15.8 Å². The minimum absolute atomic E-state index is 0.493. The monoisotopic (exact) mass is 449 g/mol. The third kappa shape index (κ3) is 3.07. The van der Waals surface area contributed by atoms with Crippen LogP contribution in [0.15, 0.2) is 65.3 Å². The van der Waals surface area contributed by atoms with E-state index in [4.69, 9.17) is 5.73 Å². The number of nitrogens with one attached hydrogen (secondary N) is 1. The molecular weight excluding hydrogens is 435 g/mol. The van der Waals surface area contributed by atoms with E-state index >= 15 is 0 Å². The summed E-state index contributed by atoms with van der Waals surface area (Å²) in [7, 11) is 0. The van der Waals surface area contributed by atoms with Crippen molar-refractivity contribution in [1.29, 1.82) is 0 Å². The van der Waals surface area contributed by atoms with Gasteiger partial charge in [-0.3, -0.25) is 10.3 Å². The highest BCUT2D eigenvalue weighted by Crippen LogP contribution is 2.45. The molecule has 8 heteroatoms. The van der Waals surface area contributed by atoms with Gasteiger partial charge in [0.25, 0.3) is 0 Å². The van der Waals surface area contributed by atoms with E-state index in [0.717, 1.165) is 15.6 Å². The molecule has 0 amide bonds. The van der Waals surface area contributed by atoms with E-state index in [1.54, 1.807) is 18.3 Å². The van der Waals surface area contributed by atoms with Gasteiger partial charge in [0.05, 0.1) is 11.2 Å². The topological polar surface area (TPSA) is 60.2 Å². The number of ether oxygens (including phenoxy) is 1. The van der Waals surface area contributed by atoms with E-state index < -0.39 is 29.9 Å².